The number of aliphatic hydroxyl groups excluding tert-OH is 1. The summed E-state index contributed by atoms with van der Waals surface area (Å²) in [6, 6.07) is 0. The Morgan fingerprint density at radius 3 is 2.53 bits per heavy atom. The summed E-state index contributed by atoms with van der Waals surface area (Å²) in [6.45, 7) is 5.85. The molecule has 0 aromatic carbocycles. The molecule has 0 radical (unpaired) electrons. The van der Waals surface area contributed by atoms with Crippen molar-refractivity contribution < 1.29 is 9.90 Å². The van der Waals surface area contributed by atoms with Crippen LogP contribution in [0, 0.1) is 5.92 Å². The quantitative estimate of drug-likeness (QED) is 0.570. The lowest BCUT2D eigenvalue weighted by Crippen LogP contribution is -2.38. The first-order valence-electron chi connectivity index (χ1n) is 6.77. The van der Waals surface area contributed by atoms with Crippen LogP contribution in [0.4, 0.5) is 0 Å². The van der Waals surface area contributed by atoms with Crippen LogP contribution in [0.3, 0.4) is 0 Å². The maximum atomic E-state index is 12.0. The van der Waals surface area contributed by atoms with Crippen LogP contribution in [0.5, 0.6) is 0 Å². The van der Waals surface area contributed by atoms with Crippen LogP contribution in [-0.2, 0) is 4.79 Å². The van der Waals surface area contributed by atoms with Crippen LogP contribution >= 0.6 is 0 Å². The topological polar surface area (TPSA) is 66.6 Å². The Hall–Kier alpha value is -0.610. The van der Waals surface area contributed by atoms with Gasteiger partial charge in [-0.25, -0.2) is 0 Å². The van der Waals surface area contributed by atoms with Crippen molar-refractivity contribution in [2.45, 2.75) is 46.0 Å². The van der Waals surface area contributed by atoms with Crippen molar-refractivity contribution in [3.63, 3.8) is 0 Å². The van der Waals surface area contributed by atoms with Crippen molar-refractivity contribution in [3.05, 3.63) is 0 Å². The fraction of sp³-hybridized carbons (Fsp3) is 0.923. The van der Waals surface area contributed by atoms with Crippen molar-refractivity contribution in [1.82, 2.24) is 4.90 Å². The molecule has 0 aliphatic rings. The second-order valence-electron chi connectivity index (χ2n) is 4.59. The summed E-state index contributed by atoms with van der Waals surface area (Å²) >= 11 is 0. The molecule has 102 valence electrons. The Morgan fingerprint density at radius 2 is 2.00 bits per heavy atom. The number of hydrogen-bond donors (Lipinski definition) is 2. The third-order valence-electron chi connectivity index (χ3n) is 2.98. The Kier molecular flexibility index (Phi) is 10.2. The zero-order valence-electron chi connectivity index (χ0n) is 11.3. The number of rotatable bonds is 10. The summed E-state index contributed by atoms with van der Waals surface area (Å²) in [5.41, 5.74) is 5.46. The standard InChI is InChI=1S/C13H28N2O2/c1-3-4-5-6-9-15(10-11-16)13(17)12(2)7-8-14/h12,16H,3-11,14H2,1-2H3. The van der Waals surface area contributed by atoms with Gasteiger partial charge in [-0.15, -0.1) is 0 Å². The Balaban J connectivity index is 4.06. The van der Waals surface area contributed by atoms with Crippen molar-refractivity contribution in [1.29, 1.82) is 0 Å². The molecule has 0 aliphatic carbocycles. The molecule has 0 heterocycles. The van der Waals surface area contributed by atoms with Gasteiger partial charge >= 0.3 is 0 Å². The summed E-state index contributed by atoms with van der Waals surface area (Å²) in [5.74, 6) is 0.0960. The number of nitrogens with zero attached hydrogens (tertiary/aromatic N) is 1. The van der Waals surface area contributed by atoms with Gasteiger partial charge in [-0.1, -0.05) is 33.1 Å². The minimum Gasteiger partial charge on any atom is -0.395 e. The lowest BCUT2D eigenvalue weighted by atomic mass is 10.1. The fourth-order valence-corrected chi connectivity index (χ4v) is 1.87. The largest absolute Gasteiger partial charge is 0.395 e. The van der Waals surface area contributed by atoms with E-state index in [9.17, 15) is 4.79 Å². The number of carbonyl (C=O) groups is 1. The summed E-state index contributed by atoms with van der Waals surface area (Å²) in [5, 5.41) is 8.98. The highest BCUT2D eigenvalue weighted by Gasteiger charge is 2.18. The Morgan fingerprint density at radius 1 is 1.29 bits per heavy atom. The predicted molar refractivity (Wildman–Crippen MR) is 70.6 cm³/mol. The molecule has 4 nitrogen and oxygen atoms in total. The summed E-state index contributed by atoms with van der Waals surface area (Å²) < 4.78 is 0. The van der Waals surface area contributed by atoms with Crippen LogP contribution in [0.2, 0.25) is 0 Å². The highest BCUT2D eigenvalue weighted by atomic mass is 16.3. The molecule has 1 amide bonds. The van der Waals surface area contributed by atoms with Crippen molar-refractivity contribution >= 4 is 5.91 Å². The first kappa shape index (κ1) is 16.4. The van der Waals surface area contributed by atoms with Crippen LogP contribution in [0.25, 0.3) is 0 Å². The van der Waals surface area contributed by atoms with E-state index >= 15 is 0 Å². The Bertz CT molecular complexity index is 198. The van der Waals surface area contributed by atoms with Gasteiger partial charge in [-0.2, -0.15) is 0 Å². The van der Waals surface area contributed by atoms with Crippen LogP contribution in [0.1, 0.15) is 46.0 Å². The van der Waals surface area contributed by atoms with Gasteiger partial charge in [-0.05, 0) is 19.4 Å². The SMILES string of the molecule is CCCCCCN(CCO)C(=O)C(C)CCN. The maximum Gasteiger partial charge on any atom is 0.225 e. The average Bonchev–Trinajstić information content (AvgIpc) is 2.32. The first-order chi connectivity index (χ1) is 8.17. The van der Waals surface area contributed by atoms with Crippen molar-refractivity contribution in [3.8, 4) is 0 Å². The van der Waals surface area contributed by atoms with E-state index in [0.717, 1.165) is 25.8 Å². The molecule has 1 unspecified atom stereocenters. The number of nitrogens with two attached hydrogens (primary N) is 1. The normalized spacial score (nSPS) is 12.5. The lowest BCUT2D eigenvalue weighted by Gasteiger charge is -2.25. The monoisotopic (exact) mass is 244 g/mol. The van der Waals surface area contributed by atoms with E-state index in [4.69, 9.17) is 10.8 Å². The number of hydrogen-bond acceptors (Lipinski definition) is 3. The van der Waals surface area contributed by atoms with Crippen molar-refractivity contribution in [2.75, 3.05) is 26.2 Å². The van der Waals surface area contributed by atoms with E-state index < -0.39 is 0 Å². The molecule has 3 N–H and O–H groups in total. The van der Waals surface area contributed by atoms with Gasteiger partial charge in [-0.3, -0.25) is 4.79 Å². The first-order valence-corrected chi connectivity index (χ1v) is 6.77. The zero-order valence-corrected chi connectivity index (χ0v) is 11.3. The highest BCUT2D eigenvalue weighted by Crippen LogP contribution is 2.08. The van der Waals surface area contributed by atoms with E-state index in [1.807, 2.05) is 6.92 Å². The molecule has 0 saturated heterocycles. The maximum absolute atomic E-state index is 12.0. The van der Waals surface area contributed by atoms with Gasteiger partial charge in [0.2, 0.25) is 5.91 Å². The van der Waals surface area contributed by atoms with E-state index in [1.165, 1.54) is 12.8 Å². The molecule has 0 bridgehead atoms. The van der Waals surface area contributed by atoms with Crippen molar-refractivity contribution in [2.24, 2.45) is 11.7 Å². The van der Waals surface area contributed by atoms with Crippen LogP contribution in [-0.4, -0.2) is 42.2 Å². The average molecular weight is 244 g/mol. The second-order valence-corrected chi connectivity index (χ2v) is 4.59. The molecule has 0 saturated carbocycles. The van der Waals surface area contributed by atoms with E-state index in [0.29, 0.717) is 13.1 Å². The summed E-state index contributed by atoms with van der Waals surface area (Å²) in [6.07, 6.45) is 5.29. The van der Waals surface area contributed by atoms with E-state index in [1.54, 1.807) is 4.90 Å². The minimum absolute atomic E-state index is 0.0299. The zero-order chi connectivity index (χ0) is 13.1. The van der Waals surface area contributed by atoms with Crippen LogP contribution in [0.15, 0.2) is 0 Å². The van der Waals surface area contributed by atoms with Gasteiger partial charge in [0.1, 0.15) is 0 Å². The molecule has 0 aliphatic heterocycles. The van der Waals surface area contributed by atoms with Gasteiger partial charge in [0.25, 0.3) is 0 Å². The number of aliphatic hydroxyl groups is 1. The molecule has 0 aromatic heterocycles. The van der Waals surface area contributed by atoms with Crippen LogP contribution < -0.4 is 5.73 Å². The predicted octanol–water partition coefficient (Wildman–Crippen LogP) is 1.37. The van der Waals surface area contributed by atoms with Gasteiger partial charge < -0.3 is 15.7 Å². The second kappa shape index (κ2) is 10.5. The highest BCUT2D eigenvalue weighted by molar-refractivity contribution is 5.78. The minimum atomic E-state index is -0.0299. The van der Waals surface area contributed by atoms with Gasteiger partial charge in [0.05, 0.1) is 6.61 Å². The fourth-order valence-electron chi connectivity index (χ4n) is 1.87. The lowest BCUT2D eigenvalue weighted by molar-refractivity contribution is -0.135. The number of carbonyl (C=O) groups excluding carboxylic acids is 1. The molecule has 0 fully saturated rings. The summed E-state index contributed by atoms with van der Waals surface area (Å²) in [7, 11) is 0. The molecule has 0 rings (SSSR count). The third-order valence-corrected chi connectivity index (χ3v) is 2.98. The molecule has 1 atom stereocenters. The van der Waals surface area contributed by atoms with E-state index in [2.05, 4.69) is 6.92 Å². The molecule has 0 spiro atoms. The molecule has 17 heavy (non-hydrogen) atoms. The smallest absolute Gasteiger partial charge is 0.225 e. The summed E-state index contributed by atoms with van der Waals surface area (Å²) in [4.78, 5) is 13.8. The molecule has 0 aromatic rings. The molecular weight excluding hydrogens is 216 g/mol. The number of amides is 1. The molecule has 4 heteroatoms. The van der Waals surface area contributed by atoms with E-state index in [-0.39, 0.29) is 18.4 Å². The third kappa shape index (κ3) is 7.34. The Labute approximate surface area is 105 Å². The molecular formula is C13H28N2O2. The van der Waals surface area contributed by atoms with Gasteiger partial charge in [0, 0.05) is 19.0 Å². The van der Waals surface area contributed by atoms with Gasteiger partial charge in [0.15, 0.2) is 0 Å². The number of unbranched alkanes of at least 4 members (excludes halogenated alkanes) is 3.